The third-order valence-electron chi connectivity index (χ3n) is 15.2. The number of aliphatic hydroxyl groups is 2. The van der Waals surface area contributed by atoms with Crippen molar-refractivity contribution in [3.8, 4) is 0 Å². The summed E-state index contributed by atoms with van der Waals surface area (Å²) in [6.45, 7) is 4.28. The van der Waals surface area contributed by atoms with Crippen molar-refractivity contribution in [3.05, 3.63) is 72.9 Å². The highest BCUT2D eigenvalue weighted by atomic mass is 16.3. The van der Waals surface area contributed by atoms with Gasteiger partial charge in [-0.3, -0.25) is 4.79 Å². The fourth-order valence-electron chi connectivity index (χ4n) is 10.3. The number of allylic oxidation sites excluding steroid dienone is 12. The van der Waals surface area contributed by atoms with Gasteiger partial charge in [-0.2, -0.15) is 0 Å². The number of rotatable bonds is 61. The van der Waals surface area contributed by atoms with Gasteiger partial charge >= 0.3 is 0 Å². The average Bonchev–Trinajstić information content (AvgIpc) is 3.40. The van der Waals surface area contributed by atoms with Crippen molar-refractivity contribution in [1.29, 1.82) is 0 Å². The monoisotopic (exact) mass is 1030 g/mol. The van der Waals surface area contributed by atoms with E-state index in [1.54, 1.807) is 0 Å². The first-order chi connectivity index (χ1) is 36.7. The highest BCUT2D eigenvalue weighted by Gasteiger charge is 2.20. The molecule has 0 aromatic heterocycles. The molecule has 3 N–H and O–H groups in total. The Kier molecular flexibility index (Phi) is 63.2. The number of hydrogen-bond acceptors (Lipinski definition) is 3. The first-order valence-corrected chi connectivity index (χ1v) is 33.1. The van der Waals surface area contributed by atoms with Crippen LogP contribution in [0.2, 0.25) is 0 Å². The minimum Gasteiger partial charge on any atom is -0.394 e. The molecule has 0 heterocycles. The highest BCUT2D eigenvalue weighted by Crippen LogP contribution is 2.18. The Morgan fingerprint density at radius 2 is 0.595 bits per heavy atom. The molecule has 0 rings (SSSR count). The second-order valence-corrected chi connectivity index (χ2v) is 22.5. The molecule has 0 aromatic rings. The molecule has 2 atom stereocenters. The summed E-state index contributed by atoms with van der Waals surface area (Å²) in [7, 11) is 0. The van der Waals surface area contributed by atoms with E-state index in [0.717, 1.165) is 64.2 Å². The second-order valence-electron chi connectivity index (χ2n) is 22.5. The lowest BCUT2D eigenvalue weighted by Crippen LogP contribution is -2.45. The summed E-state index contributed by atoms with van der Waals surface area (Å²) in [5.41, 5.74) is 0. The maximum absolute atomic E-state index is 12.6. The lowest BCUT2D eigenvalue weighted by Gasteiger charge is -2.22. The van der Waals surface area contributed by atoms with Crippen LogP contribution in [0.15, 0.2) is 72.9 Å². The van der Waals surface area contributed by atoms with E-state index >= 15 is 0 Å². The number of amides is 1. The summed E-state index contributed by atoms with van der Waals surface area (Å²) < 4.78 is 0. The molecule has 0 fully saturated rings. The summed E-state index contributed by atoms with van der Waals surface area (Å²) in [5.74, 6) is -0.0276. The minimum atomic E-state index is -0.663. The van der Waals surface area contributed by atoms with Gasteiger partial charge in [-0.05, 0) is 64.2 Å². The molecule has 1 amide bonds. The van der Waals surface area contributed by atoms with Gasteiger partial charge in [-0.15, -0.1) is 0 Å². The topological polar surface area (TPSA) is 69.6 Å². The van der Waals surface area contributed by atoms with Gasteiger partial charge in [-0.25, -0.2) is 0 Å². The molecule has 0 spiro atoms. The van der Waals surface area contributed by atoms with E-state index in [4.69, 9.17) is 0 Å². The standard InChI is InChI=1S/C70H129NO3/c1-3-5-7-9-11-13-15-17-19-21-23-25-27-29-31-32-33-34-35-36-37-38-40-42-44-46-48-50-52-54-56-58-60-62-64-66-70(74)71-68(67-72)69(73)65-63-61-59-57-55-53-51-49-47-45-43-41-39-30-28-26-24-22-20-18-16-14-12-10-8-6-4-2/h5,7,11,13,17,19,23,25,29,31,33-34,68-69,72-73H,3-4,6,8-10,12,14-16,18,20-22,24,26-28,30,32,35-67H2,1-2H3,(H,71,74)/b7-5-,13-11-,19-17-,25-23-,31-29-,34-33-. The van der Waals surface area contributed by atoms with Crippen LogP contribution < -0.4 is 5.32 Å². The fraction of sp³-hybridized carbons (Fsp3) is 0.814. The van der Waals surface area contributed by atoms with E-state index in [9.17, 15) is 15.0 Å². The fourth-order valence-corrected chi connectivity index (χ4v) is 10.3. The van der Waals surface area contributed by atoms with Crippen molar-refractivity contribution in [2.45, 2.75) is 360 Å². The van der Waals surface area contributed by atoms with Crippen molar-refractivity contribution in [1.82, 2.24) is 5.32 Å². The Balaban J connectivity index is 3.44. The second kappa shape index (κ2) is 65.1. The van der Waals surface area contributed by atoms with Gasteiger partial charge in [0, 0.05) is 6.42 Å². The molecule has 4 nitrogen and oxygen atoms in total. The van der Waals surface area contributed by atoms with Gasteiger partial charge in [-0.1, -0.05) is 350 Å². The van der Waals surface area contributed by atoms with E-state index in [2.05, 4.69) is 92.1 Å². The van der Waals surface area contributed by atoms with Crippen LogP contribution in [0.3, 0.4) is 0 Å². The third-order valence-corrected chi connectivity index (χ3v) is 15.2. The number of aliphatic hydroxyl groups excluding tert-OH is 2. The van der Waals surface area contributed by atoms with Crippen LogP contribution in [-0.2, 0) is 4.79 Å². The van der Waals surface area contributed by atoms with E-state index in [1.807, 2.05) is 0 Å². The SMILES string of the molecule is CC/C=C\C/C=C\C/C=C\C/C=C\C/C=C\C/C=C\CCCCCCCCCCCCCCCCCCC(=O)NC(CO)C(O)CCCCCCCCCCCCCCCCCCCCCCCCCCCCC. The van der Waals surface area contributed by atoms with Crippen LogP contribution in [0.4, 0.5) is 0 Å². The number of unbranched alkanes of at least 4 members (excludes halogenated alkanes) is 42. The highest BCUT2D eigenvalue weighted by molar-refractivity contribution is 5.76. The molecule has 432 valence electrons. The van der Waals surface area contributed by atoms with Crippen molar-refractivity contribution < 1.29 is 15.0 Å². The van der Waals surface area contributed by atoms with E-state index in [0.29, 0.717) is 12.8 Å². The Labute approximate surface area is 463 Å². The Hall–Kier alpha value is -2.17. The zero-order chi connectivity index (χ0) is 53.4. The lowest BCUT2D eigenvalue weighted by molar-refractivity contribution is -0.123. The first kappa shape index (κ1) is 71.8. The molecule has 74 heavy (non-hydrogen) atoms. The van der Waals surface area contributed by atoms with Gasteiger partial charge in [0.15, 0.2) is 0 Å². The predicted molar refractivity (Wildman–Crippen MR) is 331 cm³/mol. The molecule has 4 heteroatoms. The van der Waals surface area contributed by atoms with Gasteiger partial charge in [0.2, 0.25) is 5.91 Å². The molecule has 0 aliphatic carbocycles. The number of carbonyl (C=O) groups is 1. The summed E-state index contributed by atoms with van der Waals surface area (Å²) in [6, 6.07) is -0.540. The van der Waals surface area contributed by atoms with E-state index in [1.165, 1.54) is 257 Å². The number of nitrogens with one attached hydrogen (secondary N) is 1. The molecule has 0 aliphatic rings. The molecule has 0 radical (unpaired) electrons. The normalized spacial score (nSPS) is 13.2. The molecule has 0 saturated heterocycles. The van der Waals surface area contributed by atoms with Gasteiger partial charge in [0.1, 0.15) is 0 Å². The predicted octanol–water partition coefficient (Wildman–Crippen LogP) is 22.5. The summed E-state index contributed by atoms with van der Waals surface area (Å²) in [5, 5.41) is 23.4. The molecule has 0 aliphatic heterocycles. The number of carbonyl (C=O) groups excluding carboxylic acids is 1. The summed E-state index contributed by atoms with van der Waals surface area (Å²) in [6.07, 6.45) is 93.6. The maximum atomic E-state index is 12.6. The molecule has 0 saturated carbocycles. The van der Waals surface area contributed by atoms with Gasteiger partial charge < -0.3 is 15.5 Å². The Bertz CT molecular complexity index is 1260. The Morgan fingerprint density at radius 3 is 0.892 bits per heavy atom. The third kappa shape index (κ3) is 60.7. The average molecular weight is 1030 g/mol. The van der Waals surface area contributed by atoms with Crippen LogP contribution >= 0.6 is 0 Å². The van der Waals surface area contributed by atoms with Crippen LogP contribution in [0.1, 0.15) is 348 Å². The van der Waals surface area contributed by atoms with Crippen molar-refractivity contribution in [2.24, 2.45) is 0 Å². The van der Waals surface area contributed by atoms with Gasteiger partial charge in [0.25, 0.3) is 0 Å². The summed E-state index contributed by atoms with van der Waals surface area (Å²) >= 11 is 0. The zero-order valence-electron chi connectivity index (χ0n) is 49.9. The van der Waals surface area contributed by atoms with E-state index < -0.39 is 12.1 Å². The van der Waals surface area contributed by atoms with Crippen LogP contribution in [0.25, 0.3) is 0 Å². The maximum Gasteiger partial charge on any atom is 0.220 e. The molecule has 2 unspecified atom stereocenters. The largest absolute Gasteiger partial charge is 0.394 e. The lowest BCUT2D eigenvalue weighted by atomic mass is 10.0. The minimum absolute atomic E-state index is 0.0276. The molecular formula is C70H129NO3. The van der Waals surface area contributed by atoms with Crippen molar-refractivity contribution in [2.75, 3.05) is 6.61 Å². The molecule has 0 bridgehead atoms. The smallest absolute Gasteiger partial charge is 0.220 e. The molecule has 0 aromatic carbocycles. The van der Waals surface area contributed by atoms with Crippen molar-refractivity contribution in [3.63, 3.8) is 0 Å². The van der Waals surface area contributed by atoms with Crippen LogP contribution in [-0.4, -0.2) is 34.9 Å². The van der Waals surface area contributed by atoms with Gasteiger partial charge in [0.05, 0.1) is 18.8 Å². The first-order valence-electron chi connectivity index (χ1n) is 33.1. The van der Waals surface area contributed by atoms with E-state index in [-0.39, 0.29) is 12.5 Å². The molecular weight excluding hydrogens is 903 g/mol. The zero-order valence-corrected chi connectivity index (χ0v) is 49.9. The quantitative estimate of drug-likeness (QED) is 0.0420. The number of hydrogen-bond donors (Lipinski definition) is 3. The summed E-state index contributed by atoms with van der Waals surface area (Å²) in [4.78, 5) is 12.6. The van der Waals surface area contributed by atoms with Crippen LogP contribution in [0.5, 0.6) is 0 Å². The van der Waals surface area contributed by atoms with Crippen molar-refractivity contribution >= 4 is 5.91 Å². The van der Waals surface area contributed by atoms with Crippen LogP contribution in [0, 0.1) is 0 Å². The Morgan fingerprint density at radius 1 is 0.338 bits per heavy atom.